The Morgan fingerprint density at radius 2 is 1.80 bits per heavy atom. The van der Waals surface area contributed by atoms with Gasteiger partial charge in [0.15, 0.2) is 5.96 Å². The lowest BCUT2D eigenvalue weighted by Gasteiger charge is -2.12. The van der Waals surface area contributed by atoms with Crippen LogP contribution in [0.15, 0.2) is 53.9 Å². The number of nitrogens with zero attached hydrogens (tertiary/aromatic N) is 5. The van der Waals surface area contributed by atoms with Crippen LogP contribution in [0.4, 0.5) is 0 Å². The molecule has 160 valence electrons. The van der Waals surface area contributed by atoms with Gasteiger partial charge in [-0.2, -0.15) is 5.10 Å². The average Bonchev–Trinajstić information content (AvgIpc) is 3.15. The normalized spacial score (nSPS) is 10.8. The second-order valence-electron chi connectivity index (χ2n) is 6.09. The molecule has 0 saturated heterocycles. The Bertz CT molecular complexity index is 944. The third-order valence-corrected chi connectivity index (χ3v) is 4.06. The number of hydrogen-bond donors (Lipinski definition) is 2. The van der Waals surface area contributed by atoms with E-state index in [-0.39, 0.29) is 24.0 Å². The van der Waals surface area contributed by atoms with Crippen LogP contribution in [0, 0.1) is 0 Å². The second-order valence-corrected chi connectivity index (χ2v) is 6.09. The van der Waals surface area contributed by atoms with Crippen molar-refractivity contribution in [2.75, 3.05) is 13.7 Å². The van der Waals surface area contributed by atoms with E-state index in [1.54, 1.807) is 17.9 Å². The van der Waals surface area contributed by atoms with Crippen molar-refractivity contribution in [3.63, 3.8) is 0 Å². The first-order valence-electron chi connectivity index (χ1n) is 9.31. The number of rotatable bonds is 8. The van der Waals surface area contributed by atoms with Crippen LogP contribution in [0.1, 0.15) is 18.3 Å². The molecule has 2 aromatic heterocycles. The van der Waals surface area contributed by atoms with Gasteiger partial charge < -0.3 is 20.1 Å². The van der Waals surface area contributed by atoms with E-state index in [4.69, 9.17) is 9.47 Å². The maximum atomic E-state index is 5.84. The van der Waals surface area contributed by atoms with Gasteiger partial charge in [-0.1, -0.05) is 0 Å². The predicted octanol–water partition coefficient (Wildman–Crippen LogP) is 2.88. The van der Waals surface area contributed by atoms with Gasteiger partial charge in [0.25, 0.3) is 0 Å². The van der Waals surface area contributed by atoms with Gasteiger partial charge in [0.05, 0.1) is 13.2 Å². The van der Waals surface area contributed by atoms with Gasteiger partial charge in [-0.3, -0.25) is 9.67 Å². The summed E-state index contributed by atoms with van der Waals surface area (Å²) in [5, 5.41) is 10.5. The highest BCUT2D eigenvalue weighted by molar-refractivity contribution is 14.0. The van der Waals surface area contributed by atoms with Crippen molar-refractivity contribution >= 4 is 29.9 Å². The summed E-state index contributed by atoms with van der Waals surface area (Å²) in [6, 6.07) is 11.3. The number of guanidine groups is 1. The summed E-state index contributed by atoms with van der Waals surface area (Å²) in [6.07, 6.45) is 3.24. The smallest absolute Gasteiger partial charge is 0.219 e. The van der Waals surface area contributed by atoms with Crippen LogP contribution < -0.4 is 20.1 Å². The van der Waals surface area contributed by atoms with E-state index < -0.39 is 0 Å². The number of aromatic nitrogens is 4. The average molecular weight is 523 g/mol. The van der Waals surface area contributed by atoms with E-state index in [0.717, 1.165) is 17.1 Å². The standard InChI is InChI=1S/C20H25N7O2.HI/c1-4-28-16-5-7-17(8-6-16)29-19-11-15(9-10-22-19)12-23-20(21-2)24-13-18-25-14-26-27(18)3;/h5-11,14H,4,12-13H2,1-3H3,(H2,21,23,24);1H. The zero-order valence-electron chi connectivity index (χ0n) is 17.2. The largest absolute Gasteiger partial charge is 0.494 e. The van der Waals surface area contributed by atoms with Gasteiger partial charge in [-0.25, -0.2) is 9.97 Å². The second kappa shape index (κ2) is 12.0. The molecule has 0 aliphatic heterocycles. The minimum absolute atomic E-state index is 0. The summed E-state index contributed by atoms with van der Waals surface area (Å²) in [6.45, 7) is 3.68. The molecule has 0 fully saturated rings. The first-order chi connectivity index (χ1) is 14.2. The maximum absolute atomic E-state index is 5.84. The van der Waals surface area contributed by atoms with Crippen molar-refractivity contribution in [2.45, 2.75) is 20.0 Å². The topological polar surface area (TPSA) is 98.5 Å². The third-order valence-electron chi connectivity index (χ3n) is 4.06. The summed E-state index contributed by atoms with van der Waals surface area (Å²) < 4.78 is 13.0. The van der Waals surface area contributed by atoms with Crippen LogP contribution in [-0.2, 0) is 20.1 Å². The third kappa shape index (κ3) is 6.87. The lowest BCUT2D eigenvalue weighted by atomic mass is 10.2. The molecule has 0 bridgehead atoms. The highest BCUT2D eigenvalue weighted by Gasteiger charge is 2.05. The van der Waals surface area contributed by atoms with Gasteiger partial charge in [0.1, 0.15) is 23.7 Å². The molecule has 0 amide bonds. The zero-order valence-corrected chi connectivity index (χ0v) is 19.5. The van der Waals surface area contributed by atoms with E-state index in [1.165, 1.54) is 6.33 Å². The molecule has 0 saturated carbocycles. The number of aliphatic imine (C=N–C) groups is 1. The summed E-state index contributed by atoms with van der Waals surface area (Å²) >= 11 is 0. The lowest BCUT2D eigenvalue weighted by Crippen LogP contribution is -2.36. The molecular formula is C20H26IN7O2. The highest BCUT2D eigenvalue weighted by Crippen LogP contribution is 2.23. The minimum Gasteiger partial charge on any atom is -0.494 e. The Morgan fingerprint density at radius 3 is 2.47 bits per heavy atom. The van der Waals surface area contributed by atoms with E-state index in [1.807, 2.05) is 50.4 Å². The van der Waals surface area contributed by atoms with Crippen molar-refractivity contribution in [1.82, 2.24) is 30.4 Å². The van der Waals surface area contributed by atoms with Gasteiger partial charge in [-0.15, -0.1) is 24.0 Å². The fourth-order valence-electron chi connectivity index (χ4n) is 2.56. The van der Waals surface area contributed by atoms with E-state index >= 15 is 0 Å². The fraction of sp³-hybridized carbons (Fsp3) is 0.300. The van der Waals surface area contributed by atoms with Crippen LogP contribution in [-0.4, -0.2) is 39.4 Å². The summed E-state index contributed by atoms with van der Waals surface area (Å²) in [5.74, 6) is 3.52. The molecule has 10 heteroatoms. The number of halogens is 1. The van der Waals surface area contributed by atoms with Gasteiger partial charge in [0, 0.05) is 32.9 Å². The Labute approximate surface area is 193 Å². The quantitative estimate of drug-likeness (QED) is 0.266. The molecule has 0 atom stereocenters. The molecule has 0 aliphatic rings. The molecule has 0 spiro atoms. The predicted molar refractivity (Wildman–Crippen MR) is 125 cm³/mol. The summed E-state index contributed by atoms with van der Waals surface area (Å²) in [5.41, 5.74) is 1.02. The highest BCUT2D eigenvalue weighted by atomic mass is 127. The fourth-order valence-corrected chi connectivity index (χ4v) is 2.56. The molecular weight excluding hydrogens is 497 g/mol. The maximum Gasteiger partial charge on any atom is 0.219 e. The van der Waals surface area contributed by atoms with E-state index in [0.29, 0.717) is 37.3 Å². The summed E-state index contributed by atoms with van der Waals surface area (Å²) in [7, 11) is 3.57. The number of ether oxygens (including phenoxy) is 2. The minimum atomic E-state index is 0. The van der Waals surface area contributed by atoms with Gasteiger partial charge >= 0.3 is 0 Å². The molecule has 3 aromatic rings. The molecule has 0 radical (unpaired) electrons. The molecule has 3 rings (SSSR count). The number of hydrogen-bond acceptors (Lipinski definition) is 6. The molecule has 30 heavy (non-hydrogen) atoms. The Balaban J connectivity index is 0.00000320. The first-order valence-corrected chi connectivity index (χ1v) is 9.31. The van der Waals surface area contributed by atoms with Crippen molar-refractivity contribution in [3.05, 3.63) is 60.3 Å². The van der Waals surface area contributed by atoms with Gasteiger partial charge in [-0.05, 0) is 42.8 Å². The van der Waals surface area contributed by atoms with Crippen LogP contribution >= 0.6 is 24.0 Å². The van der Waals surface area contributed by atoms with Crippen molar-refractivity contribution in [1.29, 1.82) is 0 Å². The van der Waals surface area contributed by atoms with E-state index in [2.05, 4.69) is 30.7 Å². The monoisotopic (exact) mass is 523 g/mol. The number of nitrogens with one attached hydrogen (secondary N) is 2. The SMILES string of the molecule is CCOc1ccc(Oc2cc(CNC(=NC)NCc3ncnn3C)ccn2)cc1.I. The van der Waals surface area contributed by atoms with Crippen LogP contribution in [0.5, 0.6) is 17.4 Å². The molecule has 1 aromatic carbocycles. The number of aryl methyl sites for hydroxylation is 1. The van der Waals surface area contributed by atoms with Crippen molar-refractivity contribution in [2.24, 2.45) is 12.0 Å². The van der Waals surface area contributed by atoms with Crippen LogP contribution in [0.3, 0.4) is 0 Å². The Morgan fingerprint density at radius 1 is 1.07 bits per heavy atom. The van der Waals surface area contributed by atoms with Gasteiger partial charge in [0.2, 0.25) is 5.88 Å². The molecule has 0 unspecified atom stereocenters. The molecule has 2 heterocycles. The zero-order chi connectivity index (χ0) is 20.5. The molecule has 0 aliphatic carbocycles. The lowest BCUT2D eigenvalue weighted by molar-refractivity contribution is 0.339. The number of pyridine rings is 1. The van der Waals surface area contributed by atoms with Crippen LogP contribution in [0.25, 0.3) is 0 Å². The first kappa shape index (κ1) is 23.4. The van der Waals surface area contributed by atoms with E-state index in [9.17, 15) is 0 Å². The van der Waals surface area contributed by atoms with Crippen molar-refractivity contribution in [3.8, 4) is 17.4 Å². The summed E-state index contributed by atoms with van der Waals surface area (Å²) in [4.78, 5) is 12.7. The number of benzene rings is 1. The Hall–Kier alpha value is -2.89. The van der Waals surface area contributed by atoms with Crippen LogP contribution in [0.2, 0.25) is 0 Å². The van der Waals surface area contributed by atoms with Crippen molar-refractivity contribution < 1.29 is 9.47 Å². The Kier molecular flexibility index (Phi) is 9.32. The molecule has 2 N–H and O–H groups in total. The molecule has 9 nitrogen and oxygen atoms in total.